The highest BCUT2D eigenvalue weighted by molar-refractivity contribution is 5.87. The molecule has 0 unspecified atom stereocenters. The van der Waals surface area contributed by atoms with Gasteiger partial charge in [0.15, 0.2) is 11.5 Å². The fourth-order valence-corrected chi connectivity index (χ4v) is 10.3. The standard InChI is InChI=1S/C41H58O5/c1-9-30(26(2)3)13-10-27(4)34-16-17-35-33-15-14-31-25-32(20-22-40(31,6)36(33)21-23-41(34,35)7)46-39(43)19-12-29-11-18-37(45-28(5)42)38(24-29)44-8/h10-14,18-19,24,26-27,30,32-36H,9,15-17,20-23,25H2,1-8H3/b13-10?,19-12+/t27-,30-,32+,33+,34-,35+,36+,40+,41-/m1/s1. The SMILES string of the molecule is CC[C@H](C=C[C@@H](C)[C@H]1CC[C@H]2[C@@H]3CC=C4C[C@@H](OC(=O)/C=C/c5ccc(OC(C)=O)c(OC)c5)CC[C@]4(C)[C@H]3CC[C@]12C)C(C)C. The summed E-state index contributed by atoms with van der Waals surface area (Å²) in [5.74, 6) is 5.22. The van der Waals surface area contributed by atoms with Gasteiger partial charge in [-0.15, -0.1) is 0 Å². The number of methoxy groups -OCH3 is 1. The van der Waals surface area contributed by atoms with E-state index in [1.807, 2.05) is 0 Å². The molecule has 0 saturated heterocycles. The topological polar surface area (TPSA) is 61.8 Å². The van der Waals surface area contributed by atoms with Crippen molar-refractivity contribution in [2.75, 3.05) is 7.11 Å². The zero-order valence-corrected chi connectivity index (χ0v) is 29.6. The number of allylic oxidation sites excluding steroid dienone is 3. The van der Waals surface area contributed by atoms with Crippen LogP contribution >= 0.6 is 0 Å². The van der Waals surface area contributed by atoms with Gasteiger partial charge in [0.1, 0.15) is 6.10 Å². The molecule has 3 fully saturated rings. The van der Waals surface area contributed by atoms with Crippen molar-refractivity contribution in [3.8, 4) is 11.5 Å². The summed E-state index contributed by atoms with van der Waals surface area (Å²) in [5.41, 5.74) is 2.96. The molecular weight excluding hydrogens is 572 g/mol. The van der Waals surface area contributed by atoms with E-state index in [1.165, 1.54) is 64.2 Å². The molecule has 46 heavy (non-hydrogen) atoms. The average Bonchev–Trinajstić information content (AvgIpc) is 3.38. The molecule has 0 radical (unpaired) electrons. The van der Waals surface area contributed by atoms with Crippen molar-refractivity contribution in [2.24, 2.45) is 52.3 Å². The van der Waals surface area contributed by atoms with Gasteiger partial charge < -0.3 is 14.2 Å². The van der Waals surface area contributed by atoms with Gasteiger partial charge in [-0.05, 0) is 127 Å². The Morgan fingerprint density at radius 2 is 1.78 bits per heavy atom. The van der Waals surface area contributed by atoms with Crippen molar-refractivity contribution in [3.05, 3.63) is 53.6 Å². The molecule has 252 valence electrons. The van der Waals surface area contributed by atoms with Gasteiger partial charge in [0.05, 0.1) is 7.11 Å². The number of benzene rings is 1. The van der Waals surface area contributed by atoms with Gasteiger partial charge in [-0.1, -0.05) is 71.4 Å². The van der Waals surface area contributed by atoms with E-state index in [2.05, 4.69) is 59.8 Å². The first-order chi connectivity index (χ1) is 21.9. The van der Waals surface area contributed by atoms with E-state index < -0.39 is 5.97 Å². The van der Waals surface area contributed by atoms with Gasteiger partial charge in [-0.3, -0.25) is 4.79 Å². The number of hydrogen-bond donors (Lipinski definition) is 0. The molecule has 1 aromatic carbocycles. The van der Waals surface area contributed by atoms with Gasteiger partial charge in [0, 0.05) is 19.4 Å². The monoisotopic (exact) mass is 630 g/mol. The third kappa shape index (κ3) is 6.90. The Bertz CT molecular complexity index is 1350. The van der Waals surface area contributed by atoms with Crippen LogP contribution < -0.4 is 9.47 Å². The summed E-state index contributed by atoms with van der Waals surface area (Å²) in [6, 6.07) is 5.20. The minimum absolute atomic E-state index is 0.0796. The van der Waals surface area contributed by atoms with Gasteiger partial charge >= 0.3 is 11.9 Å². The Kier molecular flexibility index (Phi) is 10.6. The number of esters is 2. The van der Waals surface area contributed by atoms with Gasteiger partial charge in [-0.2, -0.15) is 0 Å². The molecule has 0 aliphatic heterocycles. The van der Waals surface area contributed by atoms with Crippen LogP contribution in [0.1, 0.15) is 112 Å². The maximum atomic E-state index is 12.9. The number of fused-ring (bicyclic) bond motifs is 5. The lowest BCUT2D eigenvalue weighted by Crippen LogP contribution is -2.51. The molecule has 0 bridgehead atoms. The highest BCUT2D eigenvalue weighted by atomic mass is 16.6. The van der Waals surface area contributed by atoms with Crippen LogP contribution in [0.5, 0.6) is 11.5 Å². The van der Waals surface area contributed by atoms with E-state index >= 15 is 0 Å². The van der Waals surface area contributed by atoms with Crippen LogP contribution in [0.25, 0.3) is 6.08 Å². The minimum atomic E-state index is -0.410. The molecule has 0 spiro atoms. The highest BCUT2D eigenvalue weighted by Gasteiger charge is 2.59. The number of hydrogen-bond acceptors (Lipinski definition) is 5. The number of rotatable bonds is 10. The second-order valence-electron chi connectivity index (χ2n) is 15.7. The quantitative estimate of drug-likeness (QED) is 0.111. The third-order valence-corrected chi connectivity index (χ3v) is 12.9. The molecule has 4 aliphatic carbocycles. The van der Waals surface area contributed by atoms with E-state index in [4.69, 9.17) is 14.2 Å². The highest BCUT2D eigenvalue weighted by Crippen LogP contribution is 2.67. The van der Waals surface area contributed by atoms with Crippen molar-refractivity contribution in [1.82, 2.24) is 0 Å². The third-order valence-electron chi connectivity index (χ3n) is 12.9. The van der Waals surface area contributed by atoms with E-state index in [0.29, 0.717) is 34.7 Å². The maximum Gasteiger partial charge on any atom is 0.331 e. The van der Waals surface area contributed by atoms with E-state index in [0.717, 1.165) is 48.5 Å². The predicted molar refractivity (Wildman–Crippen MR) is 185 cm³/mol. The van der Waals surface area contributed by atoms with E-state index in [9.17, 15) is 9.59 Å². The molecule has 0 aromatic heterocycles. The summed E-state index contributed by atoms with van der Waals surface area (Å²) < 4.78 is 16.5. The van der Waals surface area contributed by atoms with Gasteiger partial charge in [0.2, 0.25) is 0 Å². The lowest BCUT2D eigenvalue weighted by Gasteiger charge is -2.58. The first kappa shape index (κ1) is 34.5. The molecular formula is C41H58O5. The zero-order chi connectivity index (χ0) is 33.2. The van der Waals surface area contributed by atoms with Crippen molar-refractivity contribution >= 4 is 18.0 Å². The smallest absolute Gasteiger partial charge is 0.331 e. The second-order valence-corrected chi connectivity index (χ2v) is 15.7. The zero-order valence-electron chi connectivity index (χ0n) is 29.6. The van der Waals surface area contributed by atoms with Crippen LogP contribution in [0.4, 0.5) is 0 Å². The normalized spacial score (nSPS) is 33.6. The van der Waals surface area contributed by atoms with Crippen molar-refractivity contribution in [3.63, 3.8) is 0 Å². The average molecular weight is 631 g/mol. The molecule has 5 nitrogen and oxygen atoms in total. The Hall–Kier alpha value is -2.82. The predicted octanol–water partition coefficient (Wildman–Crippen LogP) is 10.00. The Balaban J connectivity index is 1.21. The van der Waals surface area contributed by atoms with Crippen LogP contribution in [0.2, 0.25) is 0 Å². The van der Waals surface area contributed by atoms with Crippen LogP contribution in [-0.4, -0.2) is 25.2 Å². The molecule has 0 heterocycles. The fraction of sp³-hybridized carbons (Fsp3) is 0.659. The maximum absolute atomic E-state index is 12.9. The molecule has 5 rings (SSSR count). The van der Waals surface area contributed by atoms with Crippen molar-refractivity contribution < 1.29 is 23.8 Å². The summed E-state index contributed by atoms with van der Waals surface area (Å²) in [4.78, 5) is 24.2. The number of carbonyl (C=O) groups excluding carboxylic acids is 2. The first-order valence-electron chi connectivity index (χ1n) is 18.0. The summed E-state index contributed by atoms with van der Waals surface area (Å²) in [7, 11) is 1.52. The number of carbonyl (C=O) groups is 2. The summed E-state index contributed by atoms with van der Waals surface area (Å²) in [5, 5.41) is 0. The molecule has 9 atom stereocenters. The molecule has 4 aliphatic rings. The van der Waals surface area contributed by atoms with Crippen LogP contribution in [0, 0.1) is 52.3 Å². The molecule has 1 aromatic rings. The van der Waals surface area contributed by atoms with Crippen LogP contribution in [0.15, 0.2) is 48.1 Å². The summed E-state index contributed by atoms with van der Waals surface area (Å²) >= 11 is 0. The largest absolute Gasteiger partial charge is 0.493 e. The summed E-state index contributed by atoms with van der Waals surface area (Å²) in [6.07, 6.45) is 21.5. The Morgan fingerprint density at radius 3 is 2.48 bits per heavy atom. The molecule has 5 heteroatoms. The Morgan fingerprint density at radius 1 is 1.00 bits per heavy atom. The van der Waals surface area contributed by atoms with E-state index in [-0.39, 0.29) is 17.5 Å². The fourth-order valence-electron chi connectivity index (χ4n) is 10.3. The van der Waals surface area contributed by atoms with Crippen molar-refractivity contribution in [1.29, 1.82) is 0 Å². The molecule has 0 amide bonds. The van der Waals surface area contributed by atoms with Gasteiger partial charge in [0.25, 0.3) is 0 Å². The lowest BCUT2D eigenvalue weighted by atomic mass is 9.47. The minimum Gasteiger partial charge on any atom is -0.493 e. The second kappa shape index (κ2) is 14.1. The first-order valence-corrected chi connectivity index (χ1v) is 18.0. The van der Waals surface area contributed by atoms with Gasteiger partial charge in [-0.25, -0.2) is 4.79 Å². The Labute approximate surface area is 278 Å². The lowest BCUT2D eigenvalue weighted by molar-refractivity contribution is -0.145. The summed E-state index contributed by atoms with van der Waals surface area (Å²) in [6.45, 7) is 16.0. The molecule has 3 saturated carbocycles. The number of ether oxygens (including phenoxy) is 3. The molecule has 0 N–H and O–H groups in total. The van der Waals surface area contributed by atoms with Crippen LogP contribution in [0.3, 0.4) is 0 Å². The van der Waals surface area contributed by atoms with Crippen molar-refractivity contribution in [2.45, 2.75) is 112 Å². The van der Waals surface area contributed by atoms with E-state index in [1.54, 1.807) is 24.3 Å². The van der Waals surface area contributed by atoms with Crippen LogP contribution in [-0.2, 0) is 14.3 Å².